The quantitative estimate of drug-likeness (QED) is 0.837. The van der Waals surface area contributed by atoms with E-state index in [4.69, 9.17) is 0 Å². The molecule has 22 heavy (non-hydrogen) atoms. The molecular formula is C17H29N3OS. The fraction of sp³-hybridized carbons (Fsp3) is 0.706. The Kier molecular flexibility index (Phi) is 6.86. The van der Waals surface area contributed by atoms with Gasteiger partial charge in [0, 0.05) is 4.88 Å². The van der Waals surface area contributed by atoms with E-state index in [1.807, 2.05) is 18.4 Å². The van der Waals surface area contributed by atoms with E-state index in [-0.39, 0.29) is 11.9 Å². The van der Waals surface area contributed by atoms with Crippen LogP contribution < -0.4 is 5.32 Å². The van der Waals surface area contributed by atoms with E-state index in [9.17, 15) is 4.79 Å². The standard InChI is InChI=1S/C17H29N3OS/c1-14(17(21)18-13-16-5-4-12-22-16)20-10-7-15(8-11-20)6-9-19(2)3/h4-5,12,14-15H,6-11,13H2,1-3H3,(H,18,21). The number of hydrogen-bond acceptors (Lipinski definition) is 4. The fourth-order valence-electron chi connectivity index (χ4n) is 2.97. The second-order valence-electron chi connectivity index (χ2n) is 6.54. The lowest BCUT2D eigenvalue weighted by Crippen LogP contribution is -2.48. The van der Waals surface area contributed by atoms with Crippen LogP contribution in [0.5, 0.6) is 0 Å². The van der Waals surface area contributed by atoms with Gasteiger partial charge in [0.1, 0.15) is 0 Å². The predicted molar refractivity (Wildman–Crippen MR) is 93.1 cm³/mol. The molecule has 1 amide bonds. The number of thiophene rings is 1. The highest BCUT2D eigenvalue weighted by atomic mass is 32.1. The minimum absolute atomic E-state index is 0.0187. The molecule has 1 fully saturated rings. The third-order valence-electron chi connectivity index (χ3n) is 4.58. The summed E-state index contributed by atoms with van der Waals surface area (Å²) in [6.07, 6.45) is 3.71. The van der Waals surface area contributed by atoms with Crippen LogP contribution in [0.2, 0.25) is 0 Å². The van der Waals surface area contributed by atoms with Crippen molar-refractivity contribution in [1.82, 2.24) is 15.1 Å². The Bertz CT molecular complexity index is 439. The van der Waals surface area contributed by atoms with Gasteiger partial charge in [0.25, 0.3) is 0 Å². The van der Waals surface area contributed by atoms with Crippen molar-refractivity contribution in [2.75, 3.05) is 33.7 Å². The summed E-state index contributed by atoms with van der Waals surface area (Å²) in [5, 5.41) is 5.10. The zero-order valence-corrected chi connectivity index (χ0v) is 14.9. The van der Waals surface area contributed by atoms with Gasteiger partial charge < -0.3 is 10.2 Å². The van der Waals surface area contributed by atoms with Crippen LogP contribution in [0.4, 0.5) is 0 Å². The molecule has 0 saturated carbocycles. The lowest BCUT2D eigenvalue weighted by atomic mass is 9.92. The Hall–Kier alpha value is -0.910. The van der Waals surface area contributed by atoms with Gasteiger partial charge in [-0.25, -0.2) is 0 Å². The third-order valence-corrected chi connectivity index (χ3v) is 5.45. The monoisotopic (exact) mass is 323 g/mol. The van der Waals surface area contributed by atoms with E-state index in [1.54, 1.807) is 11.3 Å². The maximum atomic E-state index is 12.3. The lowest BCUT2D eigenvalue weighted by Gasteiger charge is -2.35. The van der Waals surface area contributed by atoms with Gasteiger partial charge in [0.05, 0.1) is 12.6 Å². The smallest absolute Gasteiger partial charge is 0.237 e. The highest BCUT2D eigenvalue weighted by Crippen LogP contribution is 2.22. The van der Waals surface area contributed by atoms with Gasteiger partial charge in [-0.05, 0) is 77.3 Å². The first-order valence-corrected chi connectivity index (χ1v) is 9.13. The average Bonchev–Trinajstić information content (AvgIpc) is 3.03. The van der Waals surface area contributed by atoms with Gasteiger partial charge >= 0.3 is 0 Å². The van der Waals surface area contributed by atoms with Crippen molar-refractivity contribution in [1.29, 1.82) is 0 Å². The van der Waals surface area contributed by atoms with Crippen LogP contribution in [0, 0.1) is 5.92 Å². The number of likely N-dealkylation sites (tertiary alicyclic amines) is 1. The number of nitrogens with zero attached hydrogens (tertiary/aromatic N) is 2. The maximum Gasteiger partial charge on any atom is 0.237 e. The van der Waals surface area contributed by atoms with Crippen LogP contribution in [0.3, 0.4) is 0 Å². The number of hydrogen-bond donors (Lipinski definition) is 1. The van der Waals surface area contributed by atoms with Crippen molar-refractivity contribution in [2.45, 2.75) is 38.8 Å². The molecule has 0 aromatic carbocycles. The largest absolute Gasteiger partial charge is 0.350 e. The number of carbonyl (C=O) groups excluding carboxylic acids is 1. The van der Waals surface area contributed by atoms with E-state index in [2.05, 4.69) is 35.3 Å². The van der Waals surface area contributed by atoms with E-state index in [0.29, 0.717) is 6.54 Å². The van der Waals surface area contributed by atoms with Gasteiger partial charge in [-0.15, -0.1) is 11.3 Å². The normalized spacial score (nSPS) is 18.5. The first-order valence-electron chi connectivity index (χ1n) is 8.25. The Morgan fingerprint density at radius 2 is 2.18 bits per heavy atom. The summed E-state index contributed by atoms with van der Waals surface area (Å²) >= 11 is 1.69. The Labute approximate surface area is 138 Å². The van der Waals surface area contributed by atoms with Crippen LogP contribution in [0.15, 0.2) is 17.5 Å². The molecule has 0 bridgehead atoms. The number of amides is 1. The second-order valence-corrected chi connectivity index (χ2v) is 7.58. The highest BCUT2D eigenvalue weighted by Gasteiger charge is 2.26. The van der Waals surface area contributed by atoms with Gasteiger partial charge in [0.15, 0.2) is 0 Å². The van der Waals surface area contributed by atoms with Crippen molar-refractivity contribution in [3.63, 3.8) is 0 Å². The molecule has 0 radical (unpaired) electrons. The van der Waals surface area contributed by atoms with Crippen molar-refractivity contribution in [2.24, 2.45) is 5.92 Å². The van der Waals surface area contributed by atoms with Crippen LogP contribution in [0.25, 0.3) is 0 Å². The van der Waals surface area contributed by atoms with Crippen LogP contribution in [-0.2, 0) is 11.3 Å². The summed E-state index contributed by atoms with van der Waals surface area (Å²) in [6.45, 7) is 5.95. The number of piperidine rings is 1. The molecule has 2 heterocycles. The molecular weight excluding hydrogens is 294 g/mol. The van der Waals surface area contributed by atoms with Gasteiger partial charge in [-0.1, -0.05) is 6.07 Å². The Balaban J connectivity index is 1.69. The summed E-state index contributed by atoms with van der Waals surface area (Å²) in [4.78, 5) is 18.1. The molecule has 1 unspecified atom stereocenters. The van der Waals surface area contributed by atoms with E-state index >= 15 is 0 Å². The molecule has 1 atom stereocenters. The lowest BCUT2D eigenvalue weighted by molar-refractivity contribution is -0.126. The van der Waals surface area contributed by atoms with E-state index in [1.165, 1.54) is 30.7 Å². The molecule has 1 aromatic heterocycles. The fourth-order valence-corrected chi connectivity index (χ4v) is 3.62. The van der Waals surface area contributed by atoms with E-state index < -0.39 is 0 Å². The molecule has 0 spiro atoms. The second kappa shape index (κ2) is 8.65. The van der Waals surface area contributed by atoms with Gasteiger partial charge in [-0.3, -0.25) is 9.69 Å². The van der Waals surface area contributed by atoms with Crippen LogP contribution in [0.1, 0.15) is 31.1 Å². The van der Waals surface area contributed by atoms with Crippen LogP contribution in [-0.4, -0.2) is 55.5 Å². The highest BCUT2D eigenvalue weighted by molar-refractivity contribution is 7.09. The summed E-state index contributed by atoms with van der Waals surface area (Å²) in [5.74, 6) is 0.972. The van der Waals surface area contributed by atoms with Crippen molar-refractivity contribution in [3.8, 4) is 0 Å². The molecule has 5 heteroatoms. The summed E-state index contributed by atoms with van der Waals surface area (Å²) < 4.78 is 0. The van der Waals surface area contributed by atoms with Crippen molar-refractivity contribution >= 4 is 17.2 Å². The van der Waals surface area contributed by atoms with Crippen LogP contribution >= 0.6 is 11.3 Å². The topological polar surface area (TPSA) is 35.6 Å². The molecule has 124 valence electrons. The molecule has 1 aliphatic rings. The zero-order valence-electron chi connectivity index (χ0n) is 14.0. The molecule has 1 N–H and O–H groups in total. The Morgan fingerprint density at radius 3 is 2.77 bits per heavy atom. The third kappa shape index (κ3) is 5.38. The molecule has 0 aliphatic carbocycles. The number of nitrogens with one attached hydrogen (secondary N) is 1. The van der Waals surface area contributed by atoms with Gasteiger partial charge in [0.2, 0.25) is 5.91 Å². The molecule has 1 saturated heterocycles. The minimum atomic E-state index is -0.0187. The first-order chi connectivity index (χ1) is 10.6. The summed E-state index contributed by atoms with van der Waals surface area (Å²) in [6, 6.07) is 4.06. The summed E-state index contributed by atoms with van der Waals surface area (Å²) in [5.41, 5.74) is 0. The zero-order chi connectivity index (χ0) is 15.9. The minimum Gasteiger partial charge on any atom is -0.350 e. The first kappa shape index (κ1) is 17.4. The van der Waals surface area contributed by atoms with Gasteiger partial charge in [-0.2, -0.15) is 0 Å². The van der Waals surface area contributed by atoms with E-state index in [0.717, 1.165) is 19.0 Å². The molecule has 1 aliphatic heterocycles. The molecule has 4 nitrogen and oxygen atoms in total. The molecule has 2 rings (SSSR count). The molecule has 1 aromatic rings. The predicted octanol–water partition coefficient (Wildman–Crippen LogP) is 2.42. The van der Waals surface area contributed by atoms with Crippen molar-refractivity contribution < 1.29 is 4.79 Å². The maximum absolute atomic E-state index is 12.3. The average molecular weight is 324 g/mol. The number of carbonyl (C=O) groups is 1. The van der Waals surface area contributed by atoms with Crippen molar-refractivity contribution in [3.05, 3.63) is 22.4 Å². The summed E-state index contributed by atoms with van der Waals surface area (Å²) in [7, 11) is 4.27. The SMILES string of the molecule is CC(C(=O)NCc1cccs1)N1CCC(CCN(C)C)CC1. The Morgan fingerprint density at radius 1 is 1.45 bits per heavy atom. The number of rotatable bonds is 7.